The molecular formula is C12H16BrNO2S. The Balaban J connectivity index is 2.49. The van der Waals surface area contributed by atoms with E-state index in [1.165, 1.54) is 0 Å². The first-order chi connectivity index (χ1) is 7.99. The van der Waals surface area contributed by atoms with Gasteiger partial charge in [0.05, 0.1) is 0 Å². The van der Waals surface area contributed by atoms with Gasteiger partial charge in [-0.15, -0.1) is 0 Å². The quantitative estimate of drug-likeness (QED) is 0.847. The van der Waals surface area contributed by atoms with Gasteiger partial charge in [-0.05, 0) is 37.1 Å². The molecule has 0 saturated heterocycles. The van der Waals surface area contributed by atoms with Crippen LogP contribution in [0.25, 0.3) is 0 Å². The van der Waals surface area contributed by atoms with E-state index in [0.29, 0.717) is 17.9 Å². The van der Waals surface area contributed by atoms with E-state index in [4.69, 9.17) is 0 Å². The van der Waals surface area contributed by atoms with Gasteiger partial charge in [0.15, 0.2) is 0 Å². The van der Waals surface area contributed by atoms with E-state index in [0.717, 1.165) is 16.5 Å². The number of carbonyl (C=O) groups excluding carboxylic acids is 1. The van der Waals surface area contributed by atoms with Crippen molar-refractivity contribution in [3.8, 4) is 0 Å². The summed E-state index contributed by atoms with van der Waals surface area (Å²) in [6, 6.07) is 5.59. The zero-order chi connectivity index (χ0) is 12.8. The van der Waals surface area contributed by atoms with Crippen LogP contribution >= 0.6 is 15.9 Å². The second-order valence-corrected chi connectivity index (χ2v) is 6.37. The fourth-order valence-corrected chi connectivity index (χ4v) is 2.61. The summed E-state index contributed by atoms with van der Waals surface area (Å²) in [5.74, 6) is 0.536. The van der Waals surface area contributed by atoms with Crippen LogP contribution in [0.15, 0.2) is 22.7 Å². The SMILES string of the molecule is Cc1cc(Br)cc(C(=O)NCCC[S@@](C)=O)c1. The molecule has 94 valence electrons. The molecule has 0 fully saturated rings. The normalized spacial score (nSPS) is 12.2. The van der Waals surface area contributed by atoms with E-state index in [9.17, 15) is 9.00 Å². The molecule has 0 aromatic heterocycles. The molecule has 3 nitrogen and oxygen atoms in total. The van der Waals surface area contributed by atoms with E-state index >= 15 is 0 Å². The number of aryl methyl sites for hydroxylation is 1. The molecule has 1 rings (SSSR count). The van der Waals surface area contributed by atoms with Crippen LogP contribution in [0.1, 0.15) is 22.3 Å². The highest BCUT2D eigenvalue weighted by Gasteiger charge is 2.06. The van der Waals surface area contributed by atoms with E-state index in [1.807, 2.05) is 19.1 Å². The average molecular weight is 318 g/mol. The minimum atomic E-state index is -0.791. The molecule has 0 heterocycles. The lowest BCUT2D eigenvalue weighted by Crippen LogP contribution is -2.25. The fraction of sp³-hybridized carbons (Fsp3) is 0.417. The van der Waals surface area contributed by atoms with Crippen molar-refractivity contribution in [2.75, 3.05) is 18.6 Å². The molecule has 1 N–H and O–H groups in total. The molecule has 0 aliphatic rings. The van der Waals surface area contributed by atoms with Crippen LogP contribution in [0.4, 0.5) is 0 Å². The number of benzene rings is 1. The van der Waals surface area contributed by atoms with Crippen molar-refractivity contribution in [3.05, 3.63) is 33.8 Å². The van der Waals surface area contributed by atoms with Crippen LogP contribution in [-0.2, 0) is 10.8 Å². The highest BCUT2D eigenvalue weighted by molar-refractivity contribution is 9.10. The molecule has 1 aromatic rings. The average Bonchev–Trinajstić information content (AvgIpc) is 2.22. The molecule has 17 heavy (non-hydrogen) atoms. The molecule has 0 bridgehead atoms. The molecular weight excluding hydrogens is 302 g/mol. The van der Waals surface area contributed by atoms with Gasteiger partial charge in [-0.3, -0.25) is 9.00 Å². The lowest BCUT2D eigenvalue weighted by atomic mass is 10.1. The van der Waals surface area contributed by atoms with E-state index < -0.39 is 10.8 Å². The van der Waals surface area contributed by atoms with Crippen LogP contribution in [0.5, 0.6) is 0 Å². The zero-order valence-electron chi connectivity index (χ0n) is 9.96. The Labute approximate surface area is 113 Å². The monoisotopic (exact) mass is 317 g/mol. The minimum Gasteiger partial charge on any atom is -0.352 e. The summed E-state index contributed by atoms with van der Waals surface area (Å²) in [7, 11) is -0.791. The molecule has 0 radical (unpaired) electrons. The second kappa shape index (κ2) is 6.91. The van der Waals surface area contributed by atoms with Gasteiger partial charge < -0.3 is 5.32 Å². The Bertz CT molecular complexity index is 414. The molecule has 0 aliphatic carbocycles. The summed E-state index contributed by atoms with van der Waals surface area (Å²) in [5.41, 5.74) is 1.69. The number of hydrogen-bond acceptors (Lipinski definition) is 2. The molecule has 1 atom stereocenters. The summed E-state index contributed by atoms with van der Waals surface area (Å²) in [6.07, 6.45) is 2.40. The van der Waals surface area contributed by atoms with Crippen molar-refractivity contribution in [2.24, 2.45) is 0 Å². The molecule has 0 spiro atoms. The van der Waals surface area contributed by atoms with E-state index in [1.54, 1.807) is 12.3 Å². The predicted molar refractivity (Wildman–Crippen MR) is 74.8 cm³/mol. The van der Waals surface area contributed by atoms with Crippen molar-refractivity contribution >= 4 is 32.6 Å². The number of carbonyl (C=O) groups is 1. The van der Waals surface area contributed by atoms with Crippen molar-refractivity contribution < 1.29 is 9.00 Å². The number of amides is 1. The smallest absolute Gasteiger partial charge is 0.251 e. The van der Waals surface area contributed by atoms with Crippen molar-refractivity contribution in [2.45, 2.75) is 13.3 Å². The van der Waals surface area contributed by atoms with Crippen LogP contribution in [0.2, 0.25) is 0 Å². The molecule has 0 saturated carbocycles. The summed E-state index contributed by atoms with van der Waals surface area (Å²) < 4.78 is 11.7. The van der Waals surface area contributed by atoms with Gasteiger partial charge in [0.1, 0.15) is 0 Å². The summed E-state index contributed by atoms with van der Waals surface area (Å²) in [4.78, 5) is 11.8. The summed E-state index contributed by atoms with van der Waals surface area (Å²) >= 11 is 3.36. The Morgan fingerprint density at radius 3 is 2.71 bits per heavy atom. The molecule has 0 unspecified atom stereocenters. The van der Waals surface area contributed by atoms with Gasteiger partial charge in [0.2, 0.25) is 0 Å². The van der Waals surface area contributed by atoms with Gasteiger partial charge in [-0.25, -0.2) is 0 Å². The van der Waals surface area contributed by atoms with Crippen LogP contribution in [-0.4, -0.2) is 28.7 Å². The van der Waals surface area contributed by atoms with Gasteiger partial charge >= 0.3 is 0 Å². The summed E-state index contributed by atoms with van der Waals surface area (Å²) in [5, 5.41) is 2.81. The van der Waals surface area contributed by atoms with Crippen molar-refractivity contribution in [3.63, 3.8) is 0 Å². The Kier molecular flexibility index (Phi) is 5.85. The Morgan fingerprint density at radius 1 is 1.41 bits per heavy atom. The predicted octanol–water partition coefficient (Wildman–Crippen LogP) is 2.26. The van der Waals surface area contributed by atoms with E-state index in [-0.39, 0.29) is 5.91 Å². The Hall–Kier alpha value is -0.680. The number of halogens is 1. The molecule has 0 aliphatic heterocycles. The van der Waals surface area contributed by atoms with Crippen molar-refractivity contribution in [1.29, 1.82) is 0 Å². The third kappa shape index (κ3) is 5.46. The maximum atomic E-state index is 11.8. The third-order valence-electron chi connectivity index (χ3n) is 2.20. The highest BCUT2D eigenvalue weighted by atomic mass is 79.9. The second-order valence-electron chi connectivity index (χ2n) is 3.90. The van der Waals surface area contributed by atoms with Gasteiger partial charge in [-0.2, -0.15) is 0 Å². The first-order valence-corrected chi connectivity index (χ1v) is 7.86. The highest BCUT2D eigenvalue weighted by Crippen LogP contribution is 2.15. The van der Waals surface area contributed by atoms with Crippen molar-refractivity contribution in [1.82, 2.24) is 5.32 Å². The fourth-order valence-electron chi connectivity index (χ4n) is 1.45. The maximum absolute atomic E-state index is 11.8. The Morgan fingerprint density at radius 2 is 2.12 bits per heavy atom. The molecule has 1 amide bonds. The third-order valence-corrected chi connectivity index (χ3v) is 3.52. The number of rotatable bonds is 5. The van der Waals surface area contributed by atoms with E-state index in [2.05, 4.69) is 21.2 Å². The minimum absolute atomic E-state index is 0.0868. The van der Waals surface area contributed by atoms with Crippen LogP contribution in [0, 0.1) is 6.92 Å². The number of hydrogen-bond donors (Lipinski definition) is 1. The first-order valence-electron chi connectivity index (χ1n) is 5.34. The van der Waals surface area contributed by atoms with Crippen LogP contribution < -0.4 is 5.32 Å². The lowest BCUT2D eigenvalue weighted by molar-refractivity contribution is 0.0953. The number of nitrogens with one attached hydrogen (secondary N) is 1. The largest absolute Gasteiger partial charge is 0.352 e. The standard InChI is InChI=1S/C12H16BrNO2S/c1-9-6-10(8-11(13)7-9)12(15)14-4-3-5-17(2)16/h6-8H,3-5H2,1-2H3,(H,14,15)/t17-/m1/s1. The maximum Gasteiger partial charge on any atom is 0.251 e. The van der Waals surface area contributed by atoms with Gasteiger partial charge in [-0.1, -0.05) is 15.9 Å². The topological polar surface area (TPSA) is 46.2 Å². The molecule has 5 heteroatoms. The first kappa shape index (κ1) is 14.4. The zero-order valence-corrected chi connectivity index (χ0v) is 12.4. The lowest BCUT2D eigenvalue weighted by Gasteiger charge is -2.06. The van der Waals surface area contributed by atoms with Gasteiger partial charge in [0, 0.05) is 39.4 Å². The molecule has 1 aromatic carbocycles. The van der Waals surface area contributed by atoms with Crippen LogP contribution in [0.3, 0.4) is 0 Å². The summed E-state index contributed by atoms with van der Waals surface area (Å²) in [6.45, 7) is 2.51. The van der Waals surface area contributed by atoms with Gasteiger partial charge in [0.25, 0.3) is 5.91 Å².